The lowest BCUT2D eigenvalue weighted by Crippen LogP contribution is -2.28. The molecule has 1 saturated carbocycles. The third-order valence-electron chi connectivity index (χ3n) is 3.07. The van der Waals surface area contributed by atoms with Crippen LogP contribution < -0.4 is 0 Å². The highest BCUT2D eigenvalue weighted by atomic mass is 16.6. The van der Waals surface area contributed by atoms with Gasteiger partial charge in [0.05, 0.1) is 5.71 Å². The first-order chi connectivity index (χ1) is 6.65. The summed E-state index contributed by atoms with van der Waals surface area (Å²) in [5, 5.41) is 4.27. The zero-order valence-electron chi connectivity index (χ0n) is 9.92. The molecule has 0 aromatic rings. The molecule has 1 rings (SSSR count). The average Bonchev–Trinajstić information content (AvgIpc) is 2.14. The molecular formula is C12H23NO. The molecule has 2 heteroatoms. The lowest BCUT2D eigenvalue weighted by atomic mass is 9.76. The van der Waals surface area contributed by atoms with E-state index in [1.807, 2.05) is 6.92 Å². The summed E-state index contributed by atoms with van der Waals surface area (Å²) in [6.45, 7) is 9.53. The van der Waals surface area contributed by atoms with Crippen LogP contribution in [0.2, 0.25) is 0 Å². The van der Waals surface area contributed by atoms with E-state index in [9.17, 15) is 0 Å². The molecule has 0 radical (unpaired) electrons. The number of nitrogens with zero attached hydrogens (tertiary/aromatic N) is 1. The highest BCUT2D eigenvalue weighted by molar-refractivity contribution is 5.87. The minimum atomic E-state index is 0.651. The van der Waals surface area contributed by atoms with Gasteiger partial charge in [-0.25, -0.2) is 0 Å². The van der Waals surface area contributed by atoms with Gasteiger partial charge in [0.1, 0.15) is 6.61 Å². The van der Waals surface area contributed by atoms with Gasteiger partial charge in [-0.2, -0.15) is 0 Å². The third-order valence-corrected chi connectivity index (χ3v) is 3.07. The summed E-state index contributed by atoms with van der Waals surface area (Å²) in [6, 6.07) is 0. The molecule has 1 aliphatic rings. The quantitative estimate of drug-likeness (QED) is 0.635. The molecule has 0 unspecified atom stereocenters. The van der Waals surface area contributed by atoms with Crippen molar-refractivity contribution in [3.63, 3.8) is 0 Å². The third kappa shape index (κ3) is 3.00. The van der Waals surface area contributed by atoms with E-state index in [2.05, 4.69) is 25.9 Å². The monoisotopic (exact) mass is 197 g/mol. The second-order valence-electron chi connectivity index (χ2n) is 4.74. The van der Waals surface area contributed by atoms with Gasteiger partial charge < -0.3 is 4.84 Å². The molecule has 0 aliphatic heterocycles. The molecule has 1 fully saturated rings. The standard InChI is InChI=1S/C12H23NO/c1-5-14-13-12-8-10(4)6-7-11(12)9(2)3/h9-11H,5-8H2,1-4H3/b13-12+/t10-,11+/m1/s1. The van der Waals surface area contributed by atoms with Crippen LogP contribution in [0, 0.1) is 17.8 Å². The fourth-order valence-electron chi connectivity index (χ4n) is 2.21. The highest BCUT2D eigenvalue weighted by Gasteiger charge is 2.27. The van der Waals surface area contributed by atoms with Gasteiger partial charge in [-0.1, -0.05) is 25.9 Å². The predicted octanol–water partition coefficient (Wildman–Crippen LogP) is 3.47. The largest absolute Gasteiger partial charge is 0.396 e. The van der Waals surface area contributed by atoms with E-state index in [-0.39, 0.29) is 0 Å². The van der Waals surface area contributed by atoms with Gasteiger partial charge in [0.15, 0.2) is 0 Å². The van der Waals surface area contributed by atoms with E-state index in [4.69, 9.17) is 4.84 Å². The fourth-order valence-corrected chi connectivity index (χ4v) is 2.21. The van der Waals surface area contributed by atoms with Gasteiger partial charge in [0, 0.05) is 5.92 Å². The molecule has 0 aromatic carbocycles. The minimum Gasteiger partial charge on any atom is -0.396 e. The van der Waals surface area contributed by atoms with Crippen LogP contribution in [0.5, 0.6) is 0 Å². The van der Waals surface area contributed by atoms with Crippen LogP contribution in [0.15, 0.2) is 5.16 Å². The summed E-state index contributed by atoms with van der Waals surface area (Å²) >= 11 is 0. The van der Waals surface area contributed by atoms with Gasteiger partial charge in [0.25, 0.3) is 0 Å². The van der Waals surface area contributed by atoms with Crippen LogP contribution in [0.25, 0.3) is 0 Å². The Balaban J connectivity index is 2.63. The van der Waals surface area contributed by atoms with Crippen molar-refractivity contribution in [2.45, 2.75) is 47.0 Å². The summed E-state index contributed by atoms with van der Waals surface area (Å²) in [4.78, 5) is 5.19. The zero-order chi connectivity index (χ0) is 10.6. The summed E-state index contributed by atoms with van der Waals surface area (Å²) in [7, 11) is 0. The first kappa shape index (κ1) is 11.5. The number of oxime groups is 1. The Morgan fingerprint density at radius 1 is 1.43 bits per heavy atom. The smallest absolute Gasteiger partial charge is 0.114 e. The molecule has 0 saturated heterocycles. The lowest BCUT2D eigenvalue weighted by Gasteiger charge is -2.30. The van der Waals surface area contributed by atoms with E-state index in [0.717, 1.165) is 12.3 Å². The maximum atomic E-state index is 5.19. The van der Waals surface area contributed by atoms with E-state index >= 15 is 0 Å². The van der Waals surface area contributed by atoms with Crippen molar-refractivity contribution >= 4 is 5.71 Å². The van der Waals surface area contributed by atoms with Gasteiger partial charge in [-0.3, -0.25) is 0 Å². The van der Waals surface area contributed by atoms with E-state index < -0.39 is 0 Å². The Morgan fingerprint density at radius 2 is 2.14 bits per heavy atom. The normalized spacial score (nSPS) is 31.1. The van der Waals surface area contributed by atoms with E-state index in [1.54, 1.807) is 0 Å². The molecule has 14 heavy (non-hydrogen) atoms. The molecule has 0 spiro atoms. The molecule has 1 aliphatic carbocycles. The van der Waals surface area contributed by atoms with Crippen molar-refractivity contribution in [1.29, 1.82) is 0 Å². The zero-order valence-corrected chi connectivity index (χ0v) is 9.92. The van der Waals surface area contributed by atoms with Crippen molar-refractivity contribution in [2.75, 3.05) is 6.61 Å². The van der Waals surface area contributed by atoms with Gasteiger partial charge >= 0.3 is 0 Å². The van der Waals surface area contributed by atoms with Crippen LogP contribution >= 0.6 is 0 Å². The summed E-state index contributed by atoms with van der Waals surface area (Å²) < 4.78 is 0. The van der Waals surface area contributed by atoms with Crippen molar-refractivity contribution in [2.24, 2.45) is 22.9 Å². The van der Waals surface area contributed by atoms with Crippen LogP contribution in [0.3, 0.4) is 0 Å². The molecule has 2 atom stereocenters. The summed E-state index contributed by atoms with van der Waals surface area (Å²) in [5.41, 5.74) is 1.29. The topological polar surface area (TPSA) is 21.6 Å². The Kier molecular flexibility index (Phi) is 4.43. The maximum absolute atomic E-state index is 5.19. The summed E-state index contributed by atoms with van der Waals surface area (Å²) in [5.74, 6) is 2.13. The lowest BCUT2D eigenvalue weighted by molar-refractivity contribution is 0.152. The minimum absolute atomic E-state index is 0.651. The summed E-state index contributed by atoms with van der Waals surface area (Å²) in [6.07, 6.45) is 3.75. The predicted molar refractivity (Wildman–Crippen MR) is 60.4 cm³/mol. The van der Waals surface area contributed by atoms with Gasteiger partial charge in [-0.05, 0) is 38.0 Å². The van der Waals surface area contributed by atoms with E-state index in [1.165, 1.54) is 18.6 Å². The molecule has 82 valence electrons. The maximum Gasteiger partial charge on any atom is 0.114 e. The van der Waals surface area contributed by atoms with E-state index in [0.29, 0.717) is 18.4 Å². The molecule has 0 bridgehead atoms. The van der Waals surface area contributed by atoms with Crippen LogP contribution in [0.4, 0.5) is 0 Å². The average molecular weight is 197 g/mol. The van der Waals surface area contributed by atoms with Crippen molar-refractivity contribution in [3.05, 3.63) is 0 Å². The van der Waals surface area contributed by atoms with Crippen molar-refractivity contribution in [1.82, 2.24) is 0 Å². The molecule has 0 N–H and O–H groups in total. The highest BCUT2D eigenvalue weighted by Crippen LogP contribution is 2.31. The Bertz CT molecular complexity index is 198. The van der Waals surface area contributed by atoms with Crippen molar-refractivity contribution < 1.29 is 4.84 Å². The molecular weight excluding hydrogens is 174 g/mol. The van der Waals surface area contributed by atoms with Crippen LogP contribution in [-0.4, -0.2) is 12.3 Å². The first-order valence-corrected chi connectivity index (χ1v) is 5.83. The Morgan fingerprint density at radius 3 is 2.71 bits per heavy atom. The van der Waals surface area contributed by atoms with Crippen LogP contribution in [-0.2, 0) is 4.84 Å². The van der Waals surface area contributed by atoms with Gasteiger partial charge in [0.2, 0.25) is 0 Å². The number of rotatable bonds is 3. The molecule has 0 amide bonds. The molecule has 0 heterocycles. The second-order valence-corrected chi connectivity index (χ2v) is 4.74. The van der Waals surface area contributed by atoms with Crippen molar-refractivity contribution in [3.8, 4) is 0 Å². The number of hydrogen-bond donors (Lipinski definition) is 0. The Labute approximate surface area is 87.7 Å². The second kappa shape index (κ2) is 5.38. The fraction of sp³-hybridized carbons (Fsp3) is 0.917. The first-order valence-electron chi connectivity index (χ1n) is 5.83. The Hall–Kier alpha value is -0.530. The van der Waals surface area contributed by atoms with Gasteiger partial charge in [-0.15, -0.1) is 0 Å². The molecule has 0 aromatic heterocycles. The molecule has 2 nitrogen and oxygen atoms in total. The number of hydrogen-bond acceptors (Lipinski definition) is 2. The van der Waals surface area contributed by atoms with Crippen LogP contribution in [0.1, 0.15) is 47.0 Å². The SMILES string of the molecule is CCO/N=C1\C[C@H](C)CC[C@H]1C(C)C.